The van der Waals surface area contributed by atoms with Crippen LogP contribution in [0.5, 0.6) is 5.75 Å². The Kier molecular flexibility index (Phi) is 4.29. The number of benzene rings is 1. The van der Waals surface area contributed by atoms with Crippen molar-refractivity contribution in [2.45, 2.75) is 13.2 Å². The van der Waals surface area contributed by atoms with E-state index in [0.29, 0.717) is 18.1 Å². The lowest BCUT2D eigenvalue weighted by molar-refractivity contribution is -0.158. The Balaban J connectivity index is 2.21. The first-order chi connectivity index (χ1) is 9.15. The number of anilines is 1. The summed E-state index contributed by atoms with van der Waals surface area (Å²) in [4.78, 5) is 11.4. The van der Waals surface area contributed by atoms with Crippen molar-refractivity contribution in [2.75, 3.05) is 19.0 Å². The fourth-order valence-electron chi connectivity index (χ4n) is 1.66. The SMILES string of the molecule is CCOC1OC(=O)C(Cl)=C1Nc1cccc(OC)c1. The summed E-state index contributed by atoms with van der Waals surface area (Å²) in [5.41, 5.74) is 1.14. The minimum Gasteiger partial charge on any atom is -0.497 e. The quantitative estimate of drug-likeness (QED) is 0.841. The molecule has 2 rings (SSSR count). The van der Waals surface area contributed by atoms with E-state index >= 15 is 0 Å². The second kappa shape index (κ2) is 5.95. The van der Waals surface area contributed by atoms with Gasteiger partial charge in [0.1, 0.15) is 11.4 Å². The molecule has 0 aromatic heterocycles. The third-order valence-electron chi connectivity index (χ3n) is 2.53. The van der Waals surface area contributed by atoms with Crippen molar-refractivity contribution in [2.24, 2.45) is 0 Å². The first kappa shape index (κ1) is 13.7. The molecule has 1 aliphatic rings. The van der Waals surface area contributed by atoms with Crippen molar-refractivity contribution in [3.8, 4) is 5.75 Å². The molecule has 1 N–H and O–H groups in total. The van der Waals surface area contributed by atoms with Crippen molar-refractivity contribution >= 4 is 23.3 Å². The highest BCUT2D eigenvalue weighted by atomic mass is 35.5. The predicted molar refractivity (Wildman–Crippen MR) is 71.0 cm³/mol. The standard InChI is InChI=1S/C13H14ClNO4/c1-3-18-13-11(10(14)12(16)19-13)15-8-5-4-6-9(7-8)17-2/h4-7,13,15H,3H2,1-2H3. The van der Waals surface area contributed by atoms with Gasteiger partial charge in [-0.15, -0.1) is 0 Å². The molecule has 0 fully saturated rings. The minimum atomic E-state index is -0.795. The van der Waals surface area contributed by atoms with E-state index in [1.54, 1.807) is 13.2 Å². The minimum absolute atomic E-state index is 0.00118. The van der Waals surface area contributed by atoms with E-state index < -0.39 is 12.3 Å². The summed E-state index contributed by atoms with van der Waals surface area (Å²) >= 11 is 5.91. The fourth-order valence-corrected chi connectivity index (χ4v) is 1.84. The molecule has 0 bridgehead atoms. The number of halogens is 1. The van der Waals surface area contributed by atoms with Gasteiger partial charge in [0, 0.05) is 18.4 Å². The zero-order valence-electron chi connectivity index (χ0n) is 10.6. The molecule has 0 amide bonds. The van der Waals surface area contributed by atoms with Crippen molar-refractivity contribution in [1.29, 1.82) is 0 Å². The van der Waals surface area contributed by atoms with E-state index in [-0.39, 0.29) is 5.03 Å². The molecule has 6 heteroatoms. The summed E-state index contributed by atoms with van der Waals surface area (Å²) in [7, 11) is 1.58. The van der Waals surface area contributed by atoms with E-state index in [2.05, 4.69) is 5.32 Å². The van der Waals surface area contributed by atoms with Crippen molar-refractivity contribution < 1.29 is 19.0 Å². The van der Waals surface area contributed by atoms with Gasteiger partial charge in [-0.05, 0) is 19.1 Å². The Morgan fingerprint density at radius 3 is 2.95 bits per heavy atom. The van der Waals surface area contributed by atoms with Crippen LogP contribution in [0.1, 0.15) is 6.92 Å². The molecule has 1 aromatic rings. The maximum absolute atomic E-state index is 11.4. The Bertz CT molecular complexity index is 515. The number of methoxy groups -OCH3 is 1. The third-order valence-corrected chi connectivity index (χ3v) is 2.89. The largest absolute Gasteiger partial charge is 0.497 e. The molecule has 1 heterocycles. The molecule has 1 aliphatic heterocycles. The highest BCUT2D eigenvalue weighted by Gasteiger charge is 2.34. The number of hydrogen-bond acceptors (Lipinski definition) is 5. The van der Waals surface area contributed by atoms with Crippen molar-refractivity contribution in [3.05, 3.63) is 35.0 Å². The molecule has 1 aromatic carbocycles. The maximum atomic E-state index is 11.4. The molecule has 0 radical (unpaired) electrons. The van der Waals surface area contributed by atoms with Gasteiger partial charge in [0.2, 0.25) is 6.29 Å². The van der Waals surface area contributed by atoms with E-state index in [9.17, 15) is 4.79 Å². The molecule has 1 atom stereocenters. The topological polar surface area (TPSA) is 56.8 Å². The van der Waals surface area contributed by atoms with Gasteiger partial charge in [-0.1, -0.05) is 17.7 Å². The molecule has 102 valence electrons. The molecular formula is C13H14ClNO4. The average Bonchev–Trinajstić information content (AvgIpc) is 2.67. The molecule has 5 nitrogen and oxygen atoms in total. The second-order valence-electron chi connectivity index (χ2n) is 3.78. The number of ether oxygens (including phenoxy) is 3. The van der Waals surface area contributed by atoms with E-state index in [1.807, 2.05) is 25.1 Å². The summed E-state index contributed by atoms with van der Waals surface area (Å²) in [5.74, 6) is 0.102. The van der Waals surface area contributed by atoms with Crippen LogP contribution in [0, 0.1) is 0 Å². The fraction of sp³-hybridized carbons (Fsp3) is 0.308. The normalized spacial score (nSPS) is 18.5. The van der Waals surface area contributed by atoms with E-state index in [1.165, 1.54) is 0 Å². The summed E-state index contributed by atoms with van der Waals surface area (Å²) < 4.78 is 15.4. The third kappa shape index (κ3) is 3.00. The lowest BCUT2D eigenvalue weighted by atomic mass is 10.3. The zero-order valence-corrected chi connectivity index (χ0v) is 11.4. The van der Waals surface area contributed by atoms with Gasteiger partial charge in [0.05, 0.1) is 7.11 Å². The number of nitrogens with one attached hydrogen (secondary N) is 1. The van der Waals surface area contributed by atoms with Gasteiger partial charge in [-0.3, -0.25) is 0 Å². The average molecular weight is 284 g/mol. The van der Waals surface area contributed by atoms with Gasteiger partial charge in [-0.25, -0.2) is 4.79 Å². The lowest BCUT2D eigenvalue weighted by Gasteiger charge is -2.15. The smallest absolute Gasteiger partial charge is 0.354 e. The van der Waals surface area contributed by atoms with Gasteiger partial charge >= 0.3 is 5.97 Å². The molecule has 0 aliphatic carbocycles. The van der Waals surface area contributed by atoms with Crippen LogP contribution in [0.4, 0.5) is 5.69 Å². The first-order valence-electron chi connectivity index (χ1n) is 5.79. The van der Waals surface area contributed by atoms with Crippen LogP contribution in [0.3, 0.4) is 0 Å². The number of esters is 1. The zero-order chi connectivity index (χ0) is 13.8. The van der Waals surface area contributed by atoms with Crippen molar-refractivity contribution in [1.82, 2.24) is 0 Å². The Morgan fingerprint density at radius 1 is 1.47 bits per heavy atom. The lowest BCUT2D eigenvalue weighted by Crippen LogP contribution is -2.20. The van der Waals surface area contributed by atoms with Gasteiger partial charge in [0.25, 0.3) is 0 Å². The number of carbonyl (C=O) groups excluding carboxylic acids is 1. The molecule has 0 saturated carbocycles. The predicted octanol–water partition coefficient (Wildman–Crippen LogP) is 2.48. The highest BCUT2D eigenvalue weighted by Crippen LogP contribution is 2.28. The molecule has 1 unspecified atom stereocenters. The van der Waals surface area contributed by atoms with Crippen LogP contribution in [-0.4, -0.2) is 26.0 Å². The summed E-state index contributed by atoms with van der Waals surface area (Å²) in [6.45, 7) is 2.22. The Morgan fingerprint density at radius 2 is 2.26 bits per heavy atom. The van der Waals surface area contributed by atoms with Crippen LogP contribution in [0.15, 0.2) is 35.0 Å². The Hall–Kier alpha value is -1.72. The number of hydrogen-bond donors (Lipinski definition) is 1. The molecule has 0 saturated heterocycles. The number of rotatable bonds is 5. The van der Waals surface area contributed by atoms with Crippen LogP contribution in [-0.2, 0) is 14.3 Å². The molecule has 0 spiro atoms. The summed E-state index contributed by atoms with van der Waals surface area (Å²) in [5, 5.41) is 3.03. The monoisotopic (exact) mass is 283 g/mol. The maximum Gasteiger partial charge on any atom is 0.354 e. The number of carbonyl (C=O) groups is 1. The first-order valence-corrected chi connectivity index (χ1v) is 6.16. The van der Waals surface area contributed by atoms with Crippen LogP contribution >= 0.6 is 11.6 Å². The van der Waals surface area contributed by atoms with Crippen LogP contribution in [0.25, 0.3) is 0 Å². The van der Waals surface area contributed by atoms with Gasteiger partial charge in [-0.2, -0.15) is 0 Å². The molecular weight excluding hydrogens is 270 g/mol. The van der Waals surface area contributed by atoms with E-state index in [0.717, 1.165) is 5.69 Å². The van der Waals surface area contributed by atoms with Crippen LogP contribution < -0.4 is 10.1 Å². The Labute approximate surface area is 116 Å². The highest BCUT2D eigenvalue weighted by molar-refractivity contribution is 6.42. The van der Waals surface area contributed by atoms with Crippen LogP contribution in [0.2, 0.25) is 0 Å². The summed E-state index contributed by atoms with van der Waals surface area (Å²) in [6, 6.07) is 7.24. The van der Waals surface area contributed by atoms with Gasteiger partial charge in [0.15, 0.2) is 5.03 Å². The summed E-state index contributed by atoms with van der Waals surface area (Å²) in [6.07, 6.45) is -0.795. The van der Waals surface area contributed by atoms with E-state index in [4.69, 9.17) is 25.8 Å². The second-order valence-corrected chi connectivity index (χ2v) is 4.16. The van der Waals surface area contributed by atoms with Crippen molar-refractivity contribution in [3.63, 3.8) is 0 Å². The van der Waals surface area contributed by atoms with Gasteiger partial charge < -0.3 is 19.5 Å². The number of cyclic esters (lactones) is 1. The molecule has 19 heavy (non-hydrogen) atoms.